The van der Waals surface area contributed by atoms with Crippen LogP contribution in [0.3, 0.4) is 0 Å². The van der Waals surface area contributed by atoms with Gasteiger partial charge in [-0.2, -0.15) is 17.5 Å². The molecule has 8 heterocycles. The highest BCUT2D eigenvalue weighted by Crippen LogP contribution is 2.67. The van der Waals surface area contributed by atoms with Crippen molar-refractivity contribution in [3.63, 3.8) is 0 Å². The third-order valence-electron chi connectivity index (χ3n) is 30.5. The Morgan fingerprint density at radius 2 is 0.536 bits per heavy atom. The molecular formula is C124H124F4N6S6. The lowest BCUT2D eigenvalue weighted by atomic mass is 9.65. The molecule has 0 bridgehead atoms. The van der Waals surface area contributed by atoms with E-state index in [0.717, 1.165) is 238 Å². The molecular weight excluding hydrogens is 1840 g/mol. The lowest BCUT2D eigenvalue weighted by Gasteiger charge is -2.36. The number of fused-ring (bicyclic) bond motifs is 14. The molecule has 0 radical (unpaired) electrons. The zero-order chi connectivity index (χ0) is 95.5. The van der Waals surface area contributed by atoms with E-state index in [1.807, 2.05) is 24.3 Å². The summed E-state index contributed by atoms with van der Waals surface area (Å²) in [4.78, 5) is 6.05. The van der Waals surface area contributed by atoms with E-state index in [2.05, 4.69) is 257 Å². The lowest BCUT2D eigenvalue weighted by Crippen LogP contribution is -2.30. The molecule has 8 aromatic heterocycles. The van der Waals surface area contributed by atoms with E-state index in [-0.39, 0.29) is 22.3 Å². The first-order valence-corrected chi connectivity index (χ1v) is 57.0. The van der Waals surface area contributed by atoms with Gasteiger partial charge in [0, 0.05) is 95.7 Å². The number of nitrogens with zero attached hydrogens (tertiary/aromatic N) is 6. The van der Waals surface area contributed by atoms with Crippen molar-refractivity contribution in [1.82, 2.24) is 26.6 Å². The van der Waals surface area contributed by atoms with Crippen LogP contribution in [0.2, 0.25) is 0 Å². The molecule has 0 unspecified atom stereocenters. The van der Waals surface area contributed by atoms with Crippen LogP contribution in [0.5, 0.6) is 0 Å². The van der Waals surface area contributed by atoms with Crippen LogP contribution in [0.1, 0.15) is 288 Å². The van der Waals surface area contributed by atoms with Gasteiger partial charge in [-0.1, -0.05) is 328 Å². The third-order valence-corrected chi connectivity index (χ3v) is 36.3. The number of halogens is 4. The smallest absolute Gasteiger partial charge is 0.170 e. The Kier molecular flexibility index (Phi) is 28.9. The number of hydrogen-bond acceptors (Lipinski definition) is 10. The van der Waals surface area contributed by atoms with E-state index in [0.29, 0.717) is 41.6 Å². The summed E-state index contributed by atoms with van der Waals surface area (Å²) in [5, 5.41) is 4.76. The summed E-state index contributed by atoms with van der Waals surface area (Å²) in [6, 6.07) is 85.3. The topological polar surface area (TPSA) is 61.4 Å². The molecule has 21 rings (SSSR count). The van der Waals surface area contributed by atoms with Crippen molar-refractivity contribution >= 4 is 134 Å². The second-order valence-corrected chi connectivity index (χ2v) is 44.9. The fourth-order valence-electron chi connectivity index (χ4n) is 23.2. The highest BCUT2D eigenvalue weighted by Gasteiger charge is 2.54. The molecule has 11 aromatic carbocycles. The van der Waals surface area contributed by atoms with Crippen LogP contribution in [-0.4, -0.2) is 26.6 Å². The monoisotopic (exact) mass is 1960 g/mol. The molecule has 0 spiro atoms. The zero-order valence-electron chi connectivity index (χ0n) is 81.6. The van der Waals surface area contributed by atoms with Crippen molar-refractivity contribution in [3.05, 3.63) is 321 Å². The Hall–Kier alpha value is -10.8. The van der Waals surface area contributed by atoms with Gasteiger partial charge in [0.1, 0.15) is 22.1 Å². The molecule has 19 aromatic rings. The number of para-hydroxylation sites is 2. The highest BCUT2D eigenvalue weighted by molar-refractivity contribution is 7.20. The molecule has 0 aliphatic heterocycles. The van der Waals surface area contributed by atoms with Crippen molar-refractivity contribution in [3.8, 4) is 83.5 Å². The fraction of sp³-hybridized carbons (Fsp3) is 0.339. The third kappa shape index (κ3) is 17.6. The molecule has 16 heteroatoms. The van der Waals surface area contributed by atoms with Crippen molar-refractivity contribution < 1.29 is 17.6 Å². The maximum Gasteiger partial charge on any atom is 0.170 e. The molecule has 0 atom stereocenters. The molecule has 0 fully saturated rings. The number of benzene rings is 11. The standard InChI is InChI=1S/C124H124F4N6S6/c1-7-13-19-25-27-37-71-133-99-45-35-33-43-89(99)91-73-83(55-65-101(91)133)103-67-69-105(135-103)109-113(125)115(127)111(119-117(109)129-139-131-119)107-77-97-121(137-107)93-75-96-94(76-95(93)123(97,85-57-47-79(48-58-85)39-29-21-15-9-3)86-59-49-80(50-60-86)40-30-22-16-10-4)122-98(124(96,87-61-51-81(52-62-87)41-31-23-17-11-5)88-63-53-82(54-64-88)42-32-24-18-12-6)78-108(138-122)112-116(128)114(126)110(118-120(112)132-140-130-118)106-70-68-104(136-106)84-56-66-102-92(74-84)90-44-34-36-46-100(90)134(102)72-38-28-26-20-14-8-2/h33-36,43-70,73-78H,7-32,37-42,71-72H2,1-6H3. The number of unbranched alkanes of at least 4 members (excludes halogenated alkanes) is 22. The van der Waals surface area contributed by atoms with Crippen LogP contribution >= 0.6 is 68.8 Å². The van der Waals surface area contributed by atoms with E-state index in [1.54, 1.807) is 0 Å². The minimum atomic E-state index is -1.07. The van der Waals surface area contributed by atoms with E-state index in [9.17, 15) is 0 Å². The van der Waals surface area contributed by atoms with Gasteiger partial charge in [-0.05, 0) is 238 Å². The largest absolute Gasteiger partial charge is 0.340 e. The van der Waals surface area contributed by atoms with Crippen molar-refractivity contribution in [2.75, 3.05) is 0 Å². The minimum absolute atomic E-state index is 0.0947. The summed E-state index contributed by atoms with van der Waals surface area (Å²) >= 11 is 7.89. The Morgan fingerprint density at radius 1 is 0.250 bits per heavy atom. The summed E-state index contributed by atoms with van der Waals surface area (Å²) in [6.07, 6.45) is 36.5. The molecule has 2 aliphatic carbocycles. The van der Waals surface area contributed by atoms with E-state index < -0.39 is 34.1 Å². The van der Waals surface area contributed by atoms with Crippen LogP contribution in [0.15, 0.2) is 231 Å². The van der Waals surface area contributed by atoms with Gasteiger partial charge in [-0.3, -0.25) is 0 Å². The Morgan fingerprint density at radius 3 is 0.864 bits per heavy atom. The Bertz CT molecular complexity index is 7100. The van der Waals surface area contributed by atoms with E-state index in [4.69, 9.17) is 17.5 Å². The van der Waals surface area contributed by atoms with Gasteiger partial charge in [0.05, 0.1) is 56.5 Å². The van der Waals surface area contributed by atoms with Crippen LogP contribution in [0, 0.1) is 23.3 Å². The van der Waals surface area contributed by atoms with Gasteiger partial charge >= 0.3 is 0 Å². The number of thiophene rings is 4. The Balaban J connectivity index is 0.742. The number of aryl methyl sites for hydroxylation is 6. The number of rotatable bonds is 44. The fourth-order valence-corrected chi connectivity index (χ4v) is 29.0. The molecule has 6 nitrogen and oxygen atoms in total. The lowest BCUT2D eigenvalue weighted by molar-refractivity contribution is 0.516. The summed E-state index contributed by atoms with van der Waals surface area (Å²) < 4.78 is 100. The van der Waals surface area contributed by atoms with Gasteiger partial charge in [-0.15, -0.1) is 45.3 Å². The molecule has 140 heavy (non-hydrogen) atoms. The summed E-state index contributed by atoms with van der Waals surface area (Å²) in [5.74, 6) is -3.83. The maximum absolute atomic E-state index is 19.0. The summed E-state index contributed by atoms with van der Waals surface area (Å²) in [6.45, 7) is 15.5. The number of aromatic nitrogens is 6. The van der Waals surface area contributed by atoms with E-state index >= 15 is 17.6 Å². The van der Waals surface area contributed by atoms with E-state index in [1.165, 1.54) is 201 Å². The average molecular weight is 1970 g/mol. The van der Waals surface area contributed by atoms with Gasteiger partial charge in [-0.25, -0.2) is 17.6 Å². The summed E-state index contributed by atoms with van der Waals surface area (Å²) in [5.41, 5.74) is 21.6. The second kappa shape index (κ2) is 42.4. The average Bonchev–Trinajstić information content (AvgIpc) is 0.974. The first kappa shape index (κ1) is 95.4. The molecule has 0 N–H and O–H groups in total. The predicted octanol–water partition coefficient (Wildman–Crippen LogP) is 38.7. The molecule has 0 saturated heterocycles. The van der Waals surface area contributed by atoms with Crippen molar-refractivity contribution in [1.29, 1.82) is 0 Å². The number of hydrogen-bond donors (Lipinski definition) is 0. The molecule has 714 valence electrons. The van der Waals surface area contributed by atoms with Crippen LogP contribution < -0.4 is 0 Å². The Labute approximate surface area is 846 Å². The van der Waals surface area contributed by atoms with Crippen molar-refractivity contribution in [2.45, 2.75) is 271 Å². The SMILES string of the molecule is CCCCCCCCn1c2ccccc2c2cc(-c3ccc(-c4c(F)c(F)c(-c5cc6c(s5)-c5cc7c(cc5C6(c5ccc(CCCCCC)cc5)c5ccc(CCCCCC)cc5)-c5sc(-c6c(F)c(F)c(-c8ccc(-c9ccc%10c(c9)c9ccccc9n%10CCCCCCCC)s8)c8nsnc68)cc5C7(c5ccc(CCCCCC)cc5)c5ccc(CCCCCC)cc5)c5nsnc45)s3)ccc21. The maximum atomic E-state index is 19.0. The predicted molar refractivity (Wildman–Crippen MR) is 591 cm³/mol. The molecule has 0 saturated carbocycles. The van der Waals surface area contributed by atoms with Gasteiger partial charge in [0.2, 0.25) is 0 Å². The van der Waals surface area contributed by atoms with Crippen LogP contribution in [0.4, 0.5) is 17.6 Å². The van der Waals surface area contributed by atoms with Crippen molar-refractivity contribution in [2.24, 2.45) is 0 Å². The first-order valence-electron chi connectivity index (χ1n) is 52.2. The normalized spacial score (nSPS) is 13.2. The second-order valence-electron chi connectivity index (χ2n) is 39.5. The highest BCUT2D eigenvalue weighted by atomic mass is 32.1. The van der Waals surface area contributed by atoms with Gasteiger partial charge in [0.15, 0.2) is 23.3 Å². The summed E-state index contributed by atoms with van der Waals surface area (Å²) in [7, 11) is 0. The quantitative estimate of drug-likeness (QED) is 0.0282. The zero-order valence-corrected chi connectivity index (χ0v) is 86.5. The van der Waals surface area contributed by atoms with Gasteiger partial charge in [0.25, 0.3) is 0 Å². The van der Waals surface area contributed by atoms with Crippen LogP contribution in [-0.2, 0) is 49.6 Å². The van der Waals surface area contributed by atoms with Crippen LogP contribution in [0.25, 0.3) is 149 Å². The minimum Gasteiger partial charge on any atom is -0.340 e. The van der Waals surface area contributed by atoms with Gasteiger partial charge < -0.3 is 9.13 Å². The first-order chi connectivity index (χ1) is 68.9. The molecule has 2 aliphatic rings. The molecule has 0 amide bonds.